The predicted octanol–water partition coefficient (Wildman–Crippen LogP) is 2.14. The number of carbonyl (C=O) groups is 1. The van der Waals surface area contributed by atoms with Gasteiger partial charge in [-0.25, -0.2) is 9.18 Å². The van der Waals surface area contributed by atoms with Gasteiger partial charge in [0, 0.05) is 0 Å². The largest absolute Gasteiger partial charge is 0.508 e. The molecule has 0 bridgehead atoms. The first kappa shape index (κ1) is 11.5. The number of aryl methyl sites for hydroxylation is 1. The van der Waals surface area contributed by atoms with E-state index in [0.717, 1.165) is 12.5 Å². The molecule has 0 aliphatic heterocycles. The second-order valence-electron chi connectivity index (χ2n) is 3.67. The van der Waals surface area contributed by atoms with Gasteiger partial charge in [-0.15, -0.1) is 0 Å². The molecule has 1 aromatic rings. The molecular formula is C11H13FO3. The summed E-state index contributed by atoms with van der Waals surface area (Å²) in [4.78, 5) is 10.5. The van der Waals surface area contributed by atoms with E-state index in [9.17, 15) is 9.18 Å². The zero-order chi connectivity index (χ0) is 11.5. The third-order valence-corrected chi connectivity index (χ3v) is 2.27. The van der Waals surface area contributed by atoms with Crippen LogP contribution in [-0.2, 0) is 11.2 Å². The van der Waals surface area contributed by atoms with Gasteiger partial charge < -0.3 is 10.2 Å². The molecule has 0 aromatic heterocycles. The summed E-state index contributed by atoms with van der Waals surface area (Å²) in [6, 6.07) is 6.28. The zero-order valence-electron chi connectivity index (χ0n) is 8.40. The molecule has 1 unspecified atom stereocenters. The molecule has 2 N–H and O–H groups in total. The van der Waals surface area contributed by atoms with Crippen molar-refractivity contribution < 1.29 is 19.4 Å². The summed E-state index contributed by atoms with van der Waals surface area (Å²) in [6.07, 6.45) is 0.257. The second kappa shape index (κ2) is 4.29. The highest BCUT2D eigenvalue weighted by molar-refractivity contribution is 5.76. The molecule has 4 heteroatoms. The Morgan fingerprint density at radius 3 is 2.40 bits per heavy atom. The van der Waals surface area contributed by atoms with Gasteiger partial charge in [0.15, 0.2) is 0 Å². The Hall–Kier alpha value is -1.58. The lowest BCUT2D eigenvalue weighted by molar-refractivity contribution is -0.150. The van der Waals surface area contributed by atoms with Crippen LogP contribution in [0.1, 0.15) is 18.9 Å². The molecule has 0 saturated carbocycles. The molecule has 3 nitrogen and oxygen atoms in total. The molecule has 82 valence electrons. The third-order valence-electron chi connectivity index (χ3n) is 2.27. The number of aromatic hydroxyl groups is 1. The van der Waals surface area contributed by atoms with Crippen molar-refractivity contribution in [2.24, 2.45) is 0 Å². The van der Waals surface area contributed by atoms with Gasteiger partial charge in [-0.05, 0) is 37.5 Å². The van der Waals surface area contributed by atoms with Crippen molar-refractivity contribution in [3.63, 3.8) is 0 Å². The van der Waals surface area contributed by atoms with Crippen LogP contribution in [0, 0.1) is 0 Å². The number of phenols is 1. The van der Waals surface area contributed by atoms with Crippen molar-refractivity contribution in [3.8, 4) is 5.75 Å². The summed E-state index contributed by atoms with van der Waals surface area (Å²) < 4.78 is 13.3. The standard InChI is InChI=1S/C11H13FO3/c1-11(12,10(14)15)7-6-8-2-4-9(13)5-3-8/h2-5,13H,6-7H2,1H3,(H,14,15). The number of halogens is 1. The Balaban J connectivity index is 2.57. The van der Waals surface area contributed by atoms with Crippen LogP contribution in [0.15, 0.2) is 24.3 Å². The fraction of sp³-hybridized carbons (Fsp3) is 0.364. The summed E-state index contributed by atoms with van der Waals surface area (Å²) in [6.45, 7) is 1.05. The molecule has 0 fully saturated rings. The van der Waals surface area contributed by atoms with Gasteiger partial charge in [0.05, 0.1) is 0 Å². The molecule has 0 aliphatic rings. The lowest BCUT2D eigenvalue weighted by Crippen LogP contribution is -2.30. The SMILES string of the molecule is CC(F)(CCc1ccc(O)cc1)C(=O)O. The number of carboxylic acid groups (broad SMARTS) is 1. The average molecular weight is 212 g/mol. The van der Waals surface area contributed by atoms with Gasteiger partial charge in [-0.1, -0.05) is 12.1 Å². The van der Waals surface area contributed by atoms with E-state index in [4.69, 9.17) is 10.2 Å². The molecule has 0 saturated heterocycles. The minimum absolute atomic E-state index is 0.0763. The van der Waals surface area contributed by atoms with E-state index in [0.29, 0.717) is 6.42 Å². The van der Waals surface area contributed by atoms with Crippen LogP contribution in [0.4, 0.5) is 4.39 Å². The van der Waals surface area contributed by atoms with Crippen LogP contribution in [0.2, 0.25) is 0 Å². The van der Waals surface area contributed by atoms with Crippen molar-refractivity contribution >= 4 is 5.97 Å². The van der Waals surface area contributed by atoms with E-state index in [1.165, 1.54) is 12.1 Å². The lowest BCUT2D eigenvalue weighted by atomic mass is 9.99. The molecule has 1 atom stereocenters. The summed E-state index contributed by atoms with van der Waals surface area (Å²) >= 11 is 0. The number of alkyl halides is 1. The highest BCUT2D eigenvalue weighted by Crippen LogP contribution is 2.19. The minimum Gasteiger partial charge on any atom is -0.508 e. The lowest BCUT2D eigenvalue weighted by Gasteiger charge is -2.14. The summed E-state index contributed by atoms with van der Waals surface area (Å²) in [5, 5.41) is 17.6. The van der Waals surface area contributed by atoms with E-state index in [1.54, 1.807) is 12.1 Å². The molecule has 15 heavy (non-hydrogen) atoms. The van der Waals surface area contributed by atoms with Gasteiger partial charge in [0.2, 0.25) is 5.67 Å². The van der Waals surface area contributed by atoms with Gasteiger partial charge in [-0.3, -0.25) is 0 Å². The van der Waals surface area contributed by atoms with Gasteiger partial charge in [-0.2, -0.15) is 0 Å². The Labute approximate surface area is 87.2 Å². The Morgan fingerprint density at radius 1 is 1.40 bits per heavy atom. The maximum Gasteiger partial charge on any atom is 0.341 e. The number of hydrogen-bond acceptors (Lipinski definition) is 2. The number of rotatable bonds is 4. The van der Waals surface area contributed by atoms with Crippen LogP contribution in [0.25, 0.3) is 0 Å². The fourth-order valence-electron chi connectivity index (χ4n) is 1.15. The molecule has 1 rings (SSSR count). The van der Waals surface area contributed by atoms with Crippen LogP contribution >= 0.6 is 0 Å². The van der Waals surface area contributed by atoms with Crippen LogP contribution in [0.3, 0.4) is 0 Å². The van der Waals surface area contributed by atoms with Gasteiger partial charge in [0.25, 0.3) is 0 Å². The maximum absolute atomic E-state index is 13.3. The fourth-order valence-corrected chi connectivity index (χ4v) is 1.15. The average Bonchev–Trinajstić information content (AvgIpc) is 2.17. The first-order valence-corrected chi connectivity index (χ1v) is 4.62. The first-order chi connectivity index (χ1) is 6.92. The van der Waals surface area contributed by atoms with Crippen molar-refractivity contribution in [3.05, 3.63) is 29.8 Å². The highest BCUT2D eigenvalue weighted by atomic mass is 19.1. The van der Waals surface area contributed by atoms with E-state index in [2.05, 4.69) is 0 Å². The highest BCUT2D eigenvalue weighted by Gasteiger charge is 2.31. The number of carboxylic acids is 1. The Kier molecular flexibility index (Phi) is 3.29. The minimum atomic E-state index is -2.20. The third kappa shape index (κ3) is 3.23. The molecule has 0 aliphatic carbocycles. The molecule has 0 spiro atoms. The number of hydrogen-bond donors (Lipinski definition) is 2. The normalized spacial score (nSPS) is 14.5. The molecular weight excluding hydrogens is 199 g/mol. The summed E-state index contributed by atoms with van der Waals surface area (Å²) in [7, 11) is 0. The quantitative estimate of drug-likeness (QED) is 0.803. The Morgan fingerprint density at radius 2 is 1.93 bits per heavy atom. The maximum atomic E-state index is 13.3. The molecule has 0 radical (unpaired) electrons. The Bertz CT molecular complexity index is 343. The van der Waals surface area contributed by atoms with Gasteiger partial charge >= 0.3 is 5.97 Å². The van der Waals surface area contributed by atoms with Crippen molar-refractivity contribution in [1.29, 1.82) is 0 Å². The van der Waals surface area contributed by atoms with Crippen molar-refractivity contribution in [2.75, 3.05) is 0 Å². The van der Waals surface area contributed by atoms with E-state index >= 15 is 0 Å². The van der Waals surface area contributed by atoms with Crippen molar-refractivity contribution in [1.82, 2.24) is 0 Å². The topological polar surface area (TPSA) is 57.5 Å². The summed E-state index contributed by atoms with van der Waals surface area (Å²) in [5.41, 5.74) is -1.39. The number of benzene rings is 1. The zero-order valence-corrected chi connectivity index (χ0v) is 8.40. The van der Waals surface area contributed by atoms with E-state index < -0.39 is 11.6 Å². The van der Waals surface area contributed by atoms with Crippen LogP contribution < -0.4 is 0 Å². The smallest absolute Gasteiger partial charge is 0.341 e. The second-order valence-corrected chi connectivity index (χ2v) is 3.67. The van der Waals surface area contributed by atoms with Crippen LogP contribution in [0.5, 0.6) is 5.75 Å². The predicted molar refractivity (Wildman–Crippen MR) is 53.6 cm³/mol. The van der Waals surface area contributed by atoms with Crippen LogP contribution in [-0.4, -0.2) is 21.9 Å². The first-order valence-electron chi connectivity index (χ1n) is 4.62. The molecule has 0 amide bonds. The number of aliphatic carboxylic acids is 1. The van der Waals surface area contributed by atoms with E-state index in [-0.39, 0.29) is 12.2 Å². The van der Waals surface area contributed by atoms with Crippen molar-refractivity contribution in [2.45, 2.75) is 25.4 Å². The number of phenolic OH excluding ortho intramolecular Hbond substituents is 1. The monoisotopic (exact) mass is 212 g/mol. The van der Waals surface area contributed by atoms with E-state index in [1.807, 2.05) is 0 Å². The summed E-state index contributed by atoms with van der Waals surface area (Å²) in [5.74, 6) is -1.30. The van der Waals surface area contributed by atoms with Gasteiger partial charge in [0.1, 0.15) is 5.75 Å². The molecule has 1 aromatic carbocycles. The molecule has 0 heterocycles.